The van der Waals surface area contributed by atoms with Gasteiger partial charge in [-0.3, -0.25) is 4.79 Å². The molecule has 0 saturated heterocycles. The second-order valence-electron chi connectivity index (χ2n) is 4.62. The summed E-state index contributed by atoms with van der Waals surface area (Å²) in [5.41, 5.74) is 0.639. The highest BCUT2D eigenvalue weighted by atomic mass is 16.5. The highest BCUT2D eigenvalue weighted by Crippen LogP contribution is 2.30. The van der Waals surface area contributed by atoms with Crippen LogP contribution in [0.15, 0.2) is 36.4 Å². The minimum absolute atomic E-state index is 0.0237. The number of rotatable bonds is 7. The molecule has 0 heterocycles. The number of Topliss-reactive ketones (excluding diaryl/α,β-unsaturated/α-hetero) is 1. The highest BCUT2D eigenvalue weighted by Gasteiger charge is 2.12. The van der Waals surface area contributed by atoms with Crippen molar-refractivity contribution in [1.82, 2.24) is 0 Å². The van der Waals surface area contributed by atoms with E-state index in [2.05, 4.69) is 0 Å². The second kappa shape index (κ2) is 7.06. The van der Waals surface area contributed by atoms with E-state index in [1.54, 1.807) is 6.92 Å². The van der Waals surface area contributed by atoms with Crippen molar-refractivity contribution >= 4 is 16.6 Å². The average molecular weight is 272 g/mol. The van der Waals surface area contributed by atoms with E-state index in [1.165, 1.54) is 0 Å². The fraction of sp³-hybridized carbons (Fsp3) is 0.353. The van der Waals surface area contributed by atoms with Crippen LogP contribution in [0.4, 0.5) is 0 Å². The first-order valence-corrected chi connectivity index (χ1v) is 6.97. The summed E-state index contributed by atoms with van der Waals surface area (Å²) in [5.74, 6) is 0.711. The highest BCUT2D eigenvalue weighted by molar-refractivity contribution is 6.03. The smallest absolute Gasteiger partial charge is 0.163 e. The number of benzene rings is 2. The molecule has 0 atom stereocenters. The molecule has 0 aliphatic rings. The minimum Gasteiger partial charge on any atom is -0.492 e. The Hall–Kier alpha value is -1.87. The summed E-state index contributed by atoms with van der Waals surface area (Å²) in [6.45, 7) is 5.48. The lowest BCUT2D eigenvalue weighted by Gasteiger charge is -2.13. The Morgan fingerprint density at radius 1 is 1.10 bits per heavy atom. The standard InChI is InChI=1S/C17H20O3/c1-3-19-11-6-12-20-17-15(13(2)18)10-9-14-7-4-5-8-16(14)17/h4-5,7-10H,3,6,11-12H2,1-2H3. The van der Waals surface area contributed by atoms with Crippen LogP contribution < -0.4 is 4.74 Å². The van der Waals surface area contributed by atoms with E-state index in [4.69, 9.17) is 9.47 Å². The molecule has 0 fully saturated rings. The molecule has 2 rings (SSSR count). The third-order valence-electron chi connectivity index (χ3n) is 3.14. The van der Waals surface area contributed by atoms with Crippen LogP contribution in [-0.2, 0) is 4.74 Å². The number of ketones is 1. The van der Waals surface area contributed by atoms with Crippen LogP contribution >= 0.6 is 0 Å². The van der Waals surface area contributed by atoms with Gasteiger partial charge in [0.1, 0.15) is 5.75 Å². The Labute approximate surface area is 119 Å². The second-order valence-corrected chi connectivity index (χ2v) is 4.62. The number of hydrogen-bond donors (Lipinski definition) is 0. The summed E-state index contributed by atoms with van der Waals surface area (Å²) in [5, 5.41) is 2.06. The van der Waals surface area contributed by atoms with Gasteiger partial charge < -0.3 is 9.47 Å². The van der Waals surface area contributed by atoms with Crippen molar-refractivity contribution in [2.75, 3.05) is 19.8 Å². The molecule has 0 aliphatic carbocycles. The van der Waals surface area contributed by atoms with E-state index >= 15 is 0 Å². The Kier molecular flexibility index (Phi) is 5.13. The van der Waals surface area contributed by atoms with Crippen molar-refractivity contribution in [2.24, 2.45) is 0 Å². The maximum absolute atomic E-state index is 11.7. The predicted octanol–water partition coefficient (Wildman–Crippen LogP) is 3.85. The molecular weight excluding hydrogens is 252 g/mol. The first-order chi connectivity index (χ1) is 9.74. The zero-order chi connectivity index (χ0) is 14.4. The molecule has 2 aromatic carbocycles. The van der Waals surface area contributed by atoms with Gasteiger partial charge in [0.05, 0.1) is 12.2 Å². The van der Waals surface area contributed by atoms with Gasteiger partial charge in [0, 0.05) is 25.0 Å². The van der Waals surface area contributed by atoms with E-state index in [9.17, 15) is 4.79 Å². The number of ether oxygens (including phenoxy) is 2. The van der Waals surface area contributed by atoms with Crippen molar-refractivity contribution in [3.8, 4) is 5.75 Å². The average Bonchev–Trinajstić information content (AvgIpc) is 2.46. The summed E-state index contributed by atoms with van der Waals surface area (Å²) >= 11 is 0. The van der Waals surface area contributed by atoms with Gasteiger partial charge in [-0.15, -0.1) is 0 Å². The number of carbonyl (C=O) groups excluding carboxylic acids is 1. The van der Waals surface area contributed by atoms with Crippen molar-refractivity contribution in [3.63, 3.8) is 0 Å². The van der Waals surface area contributed by atoms with Gasteiger partial charge >= 0.3 is 0 Å². The summed E-state index contributed by atoms with van der Waals surface area (Å²) in [7, 11) is 0. The molecule has 2 aromatic rings. The van der Waals surface area contributed by atoms with Crippen molar-refractivity contribution in [2.45, 2.75) is 20.3 Å². The maximum atomic E-state index is 11.7. The van der Waals surface area contributed by atoms with Crippen LogP contribution in [0.2, 0.25) is 0 Å². The zero-order valence-corrected chi connectivity index (χ0v) is 12.0. The molecule has 0 saturated carbocycles. The minimum atomic E-state index is 0.0237. The fourth-order valence-electron chi connectivity index (χ4n) is 2.16. The Morgan fingerprint density at radius 3 is 2.65 bits per heavy atom. The topological polar surface area (TPSA) is 35.5 Å². The molecule has 0 unspecified atom stereocenters. The van der Waals surface area contributed by atoms with Gasteiger partial charge in [0.25, 0.3) is 0 Å². The SMILES string of the molecule is CCOCCCOc1c(C(C)=O)ccc2ccccc12. The molecule has 0 spiro atoms. The monoisotopic (exact) mass is 272 g/mol. The lowest BCUT2D eigenvalue weighted by Crippen LogP contribution is -2.06. The summed E-state index contributed by atoms with van der Waals surface area (Å²) < 4.78 is 11.1. The van der Waals surface area contributed by atoms with E-state index < -0.39 is 0 Å². The Balaban J connectivity index is 2.23. The van der Waals surface area contributed by atoms with E-state index in [-0.39, 0.29) is 5.78 Å². The third-order valence-corrected chi connectivity index (χ3v) is 3.14. The van der Waals surface area contributed by atoms with E-state index in [0.717, 1.165) is 17.2 Å². The summed E-state index contributed by atoms with van der Waals surface area (Å²) in [6.07, 6.45) is 0.814. The molecule has 0 amide bonds. The molecule has 0 bridgehead atoms. The first kappa shape index (κ1) is 14.5. The Bertz CT molecular complexity index is 590. The third kappa shape index (κ3) is 3.36. The van der Waals surface area contributed by atoms with Crippen LogP contribution in [0.3, 0.4) is 0 Å². The van der Waals surface area contributed by atoms with Crippen LogP contribution in [0.5, 0.6) is 5.75 Å². The van der Waals surface area contributed by atoms with Gasteiger partial charge in [-0.2, -0.15) is 0 Å². The quantitative estimate of drug-likeness (QED) is 0.567. The lowest BCUT2D eigenvalue weighted by atomic mass is 10.0. The summed E-state index contributed by atoms with van der Waals surface area (Å²) in [6, 6.07) is 11.7. The van der Waals surface area contributed by atoms with Crippen LogP contribution in [0.25, 0.3) is 10.8 Å². The Morgan fingerprint density at radius 2 is 1.90 bits per heavy atom. The van der Waals surface area contributed by atoms with E-state index in [0.29, 0.717) is 31.1 Å². The van der Waals surface area contributed by atoms with Gasteiger partial charge in [0.2, 0.25) is 0 Å². The van der Waals surface area contributed by atoms with Crippen molar-refractivity contribution in [3.05, 3.63) is 42.0 Å². The summed E-state index contributed by atoms with van der Waals surface area (Å²) in [4.78, 5) is 11.7. The fourth-order valence-corrected chi connectivity index (χ4v) is 2.16. The number of hydrogen-bond acceptors (Lipinski definition) is 3. The predicted molar refractivity (Wildman–Crippen MR) is 80.6 cm³/mol. The lowest BCUT2D eigenvalue weighted by molar-refractivity contribution is 0.101. The molecular formula is C17H20O3. The number of carbonyl (C=O) groups is 1. The molecule has 20 heavy (non-hydrogen) atoms. The van der Waals surface area contributed by atoms with Gasteiger partial charge in [0.15, 0.2) is 5.78 Å². The maximum Gasteiger partial charge on any atom is 0.163 e. The van der Waals surface area contributed by atoms with Crippen LogP contribution in [0, 0.1) is 0 Å². The zero-order valence-electron chi connectivity index (χ0n) is 12.0. The van der Waals surface area contributed by atoms with Crippen molar-refractivity contribution in [1.29, 1.82) is 0 Å². The van der Waals surface area contributed by atoms with Gasteiger partial charge in [-0.1, -0.05) is 30.3 Å². The molecule has 0 N–H and O–H groups in total. The van der Waals surface area contributed by atoms with Crippen LogP contribution in [-0.4, -0.2) is 25.6 Å². The molecule has 106 valence electrons. The van der Waals surface area contributed by atoms with Crippen LogP contribution in [0.1, 0.15) is 30.6 Å². The van der Waals surface area contributed by atoms with Crippen molar-refractivity contribution < 1.29 is 14.3 Å². The molecule has 0 radical (unpaired) electrons. The van der Waals surface area contributed by atoms with Gasteiger partial charge in [-0.25, -0.2) is 0 Å². The molecule has 3 nitrogen and oxygen atoms in total. The van der Waals surface area contributed by atoms with Gasteiger partial charge in [-0.05, 0) is 25.3 Å². The largest absolute Gasteiger partial charge is 0.492 e. The molecule has 0 aliphatic heterocycles. The van der Waals surface area contributed by atoms with E-state index in [1.807, 2.05) is 43.3 Å². The first-order valence-electron chi connectivity index (χ1n) is 6.97. The normalized spacial score (nSPS) is 10.7. The number of fused-ring (bicyclic) bond motifs is 1. The molecule has 3 heteroatoms. The molecule has 0 aromatic heterocycles.